The third kappa shape index (κ3) is 2.42. The number of nitrogens with two attached hydrogens (primary N) is 2. The highest BCUT2D eigenvalue weighted by molar-refractivity contribution is 5.91. The highest BCUT2D eigenvalue weighted by Gasteiger charge is 2.14. The molecule has 0 aliphatic carbocycles. The molecule has 1 amide bonds. The van der Waals surface area contributed by atoms with Crippen LogP contribution in [-0.2, 0) is 0 Å². The van der Waals surface area contributed by atoms with Crippen molar-refractivity contribution in [2.24, 2.45) is 5.73 Å². The van der Waals surface area contributed by atoms with Gasteiger partial charge in [0, 0.05) is 13.1 Å². The number of aromatic nitrogens is 1. The van der Waals surface area contributed by atoms with Crippen LogP contribution in [0.5, 0.6) is 0 Å². The lowest BCUT2D eigenvalue weighted by molar-refractivity contribution is 0.0995. The number of carbonyl (C=O) groups is 1. The second-order valence-corrected chi connectivity index (χ2v) is 3.84. The van der Waals surface area contributed by atoms with Gasteiger partial charge in [0.25, 0.3) is 5.91 Å². The van der Waals surface area contributed by atoms with Gasteiger partial charge in [0.1, 0.15) is 5.69 Å². The van der Waals surface area contributed by atoms with Crippen LogP contribution in [0.4, 0.5) is 11.5 Å². The van der Waals surface area contributed by atoms with Crippen LogP contribution >= 0.6 is 0 Å². The minimum Gasteiger partial charge on any atom is -0.396 e. The minimum absolute atomic E-state index is 0.236. The maximum atomic E-state index is 11.0. The molecule has 1 atom stereocenters. The van der Waals surface area contributed by atoms with E-state index in [1.165, 1.54) is 6.07 Å². The van der Waals surface area contributed by atoms with Crippen molar-refractivity contribution in [3.63, 3.8) is 0 Å². The summed E-state index contributed by atoms with van der Waals surface area (Å²) in [5.74, 6) is 0.0597. The van der Waals surface area contributed by atoms with Gasteiger partial charge in [0.05, 0.1) is 5.69 Å². The Balaban J connectivity index is 3.11. The summed E-state index contributed by atoms with van der Waals surface area (Å²) in [4.78, 5) is 17.1. The van der Waals surface area contributed by atoms with Crippen LogP contribution in [0.15, 0.2) is 12.1 Å². The van der Waals surface area contributed by atoms with Crippen molar-refractivity contribution in [2.45, 2.75) is 26.3 Å². The van der Waals surface area contributed by atoms with E-state index >= 15 is 0 Å². The van der Waals surface area contributed by atoms with Crippen molar-refractivity contribution in [3.8, 4) is 0 Å². The van der Waals surface area contributed by atoms with Crippen LogP contribution in [0.2, 0.25) is 0 Å². The number of nitrogen functional groups attached to an aromatic ring is 1. The molecule has 1 aromatic rings. The number of primary amides is 1. The lowest BCUT2D eigenvalue weighted by Gasteiger charge is -2.26. The fourth-order valence-electron chi connectivity index (χ4n) is 1.36. The fourth-order valence-corrected chi connectivity index (χ4v) is 1.36. The van der Waals surface area contributed by atoms with E-state index in [4.69, 9.17) is 11.5 Å². The van der Waals surface area contributed by atoms with Gasteiger partial charge in [-0.25, -0.2) is 4.98 Å². The Labute approximate surface area is 95.4 Å². The molecule has 0 aromatic carbocycles. The van der Waals surface area contributed by atoms with Crippen molar-refractivity contribution in [1.29, 1.82) is 0 Å². The van der Waals surface area contributed by atoms with Crippen LogP contribution in [0, 0.1) is 0 Å². The molecule has 0 spiro atoms. The number of hydrogen-bond acceptors (Lipinski definition) is 4. The smallest absolute Gasteiger partial charge is 0.267 e. The number of pyridine rings is 1. The van der Waals surface area contributed by atoms with Gasteiger partial charge in [-0.05, 0) is 25.5 Å². The maximum absolute atomic E-state index is 11.0. The Morgan fingerprint density at radius 3 is 2.69 bits per heavy atom. The molecule has 0 bridgehead atoms. The first kappa shape index (κ1) is 12.3. The number of anilines is 2. The van der Waals surface area contributed by atoms with Gasteiger partial charge in [-0.1, -0.05) is 6.92 Å². The first-order chi connectivity index (χ1) is 7.47. The lowest BCUT2D eigenvalue weighted by Crippen LogP contribution is -2.30. The Kier molecular flexibility index (Phi) is 3.71. The largest absolute Gasteiger partial charge is 0.396 e. The second kappa shape index (κ2) is 4.83. The molecule has 1 heterocycles. The summed E-state index contributed by atoms with van der Waals surface area (Å²) < 4.78 is 0. The van der Waals surface area contributed by atoms with Crippen molar-refractivity contribution in [3.05, 3.63) is 17.8 Å². The molecule has 0 saturated carbocycles. The van der Waals surface area contributed by atoms with Crippen molar-refractivity contribution < 1.29 is 4.79 Å². The van der Waals surface area contributed by atoms with Crippen molar-refractivity contribution in [2.75, 3.05) is 17.7 Å². The molecule has 16 heavy (non-hydrogen) atoms. The standard InChI is InChI=1S/C11H18N4O/c1-4-7(2)15(3)11-8(12)5-6-9(14-11)10(13)16/h5-7H,4,12H2,1-3H3,(H2,13,16). The number of nitrogens with zero attached hydrogens (tertiary/aromatic N) is 2. The molecule has 1 unspecified atom stereocenters. The van der Waals surface area contributed by atoms with Gasteiger partial charge in [-0.3, -0.25) is 4.79 Å². The summed E-state index contributed by atoms with van der Waals surface area (Å²) in [6, 6.07) is 3.49. The summed E-state index contributed by atoms with van der Waals surface area (Å²) >= 11 is 0. The van der Waals surface area contributed by atoms with Crippen LogP contribution in [0.1, 0.15) is 30.8 Å². The summed E-state index contributed by atoms with van der Waals surface area (Å²) in [7, 11) is 1.90. The van der Waals surface area contributed by atoms with Gasteiger partial charge in [0.15, 0.2) is 5.82 Å². The predicted molar refractivity (Wildman–Crippen MR) is 65.3 cm³/mol. The molecular weight excluding hydrogens is 204 g/mol. The third-order valence-electron chi connectivity index (χ3n) is 2.74. The molecule has 5 heteroatoms. The van der Waals surface area contributed by atoms with E-state index in [0.29, 0.717) is 17.5 Å². The quantitative estimate of drug-likeness (QED) is 0.795. The van der Waals surface area contributed by atoms with E-state index in [1.807, 2.05) is 11.9 Å². The van der Waals surface area contributed by atoms with Crippen molar-refractivity contribution >= 4 is 17.4 Å². The Morgan fingerprint density at radius 2 is 2.19 bits per heavy atom. The number of amides is 1. The molecule has 88 valence electrons. The van der Waals surface area contributed by atoms with E-state index in [9.17, 15) is 4.79 Å². The zero-order valence-corrected chi connectivity index (χ0v) is 9.90. The maximum Gasteiger partial charge on any atom is 0.267 e. The lowest BCUT2D eigenvalue weighted by atomic mass is 10.2. The van der Waals surface area contributed by atoms with E-state index in [0.717, 1.165) is 6.42 Å². The molecule has 0 fully saturated rings. The Bertz CT molecular complexity index is 392. The number of hydrogen-bond donors (Lipinski definition) is 2. The van der Waals surface area contributed by atoms with E-state index < -0.39 is 5.91 Å². The topological polar surface area (TPSA) is 85.2 Å². The van der Waals surface area contributed by atoms with Crippen LogP contribution in [-0.4, -0.2) is 24.0 Å². The molecule has 5 nitrogen and oxygen atoms in total. The van der Waals surface area contributed by atoms with Crippen LogP contribution < -0.4 is 16.4 Å². The Hall–Kier alpha value is -1.78. The number of carbonyl (C=O) groups excluding carboxylic acids is 1. The summed E-state index contributed by atoms with van der Waals surface area (Å²) in [6.07, 6.45) is 0.971. The van der Waals surface area contributed by atoms with Gasteiger partial charge < -0.3 is 16.4 Å². The second-order valence-electron chi connectivity index (χ2n) is 3.84. The molecule has 0 radical (unpaired) electrons. The average Bonchev–Trinajstić information content (AvgIpc) is 2.27. The van der Waals surface area contributed by atoms with Crippen molar-refractivity contribution in [1.82, 2.24) is 4.98 Å². The van der Waals surface area contributed by atoms with E-state index in [1.54, 1.807) is 6.07 Å². The van der Waals surface area contributed by atoms with Gasteiger partial charge in [0.2, 0.25) is 0 Å². The molecule has 1 rings (SSSR count). The predicted octanol–water partition coefficient (Wildman–Crippen LogP) is 0.997. The Morgan fingerprint density at radius 1 is 1.56 bits per heavy atom. The molecule has 4 N–H and O–H groups in total. The fraction of sp³-hybridized carbons (Fsp3) is 0.455. The molecule has 0 saturated heterocycles. The molecule has 1 aromatic heterocycles. The van der Waals surface area contributed by atoms with Gasteiger partial charge in [-0.15, -0.1) is 0 Å². The minimum atomic E-state index is -0.543. The van der Waals surface area contributed by atoms with E-state index in [2.05, 4.69) is 18.8 Å². The molecule has 0 aliphatic heterocycles. The average molecular weight is 222 g/mol. The van der Waals surface area contributed by atoms with Gasteiger partial charge >= 0.3 is 0 Å². The third-order valence-corrected chi connectivity index (χ3v) is 2.74. The normalized spacial score (nSPS) is 12.2. The monoisotopic (exact) mass is 222 g/mol. The first-order valence-corrected chi connectivity index (χ1v) is 5.26. The summed E-state index contributed by atoms with van der Waals surface area (Å²) in [5, 5.41) is 0. The van der Waals surface area contributed by atoms with Crippen LogP contribution in [0.25, 0.3) is 0 Å². The SMILES string of the molecule is CCC(C)N(C)c1nc(C(N)=O)ccc1N. The highest BCUT2D eigenvalue weighted by atomic mass is 16.1. The highest BCUT2D eigenvalue weighted by Crippen LogP contribution is 2.22. The zero-order valence-electron chi connectivity index (χ0n) is 9.90. The first-order valence-electron chi connectivity index (χ1n) is 5.26. The van der Waals surface area contributed by atoms with Crippen LogP contribution in [0.3, 0.4) is 0 Å². The zero-order chi connectivity index (χ0) is 12.3. The molecule has 0 aliphatic rings. The summed E-state index contributed by atoms with van der Waals surface area (Å²) in [6.45, 7) is 4.15. The number of rotatable bonds is 4. The van der Waals surface area contributed by atoms with Gasteiger partial charge in [-0.2, -0.15) is 0 Å². The molecular formula is C11H18N4O. The summed E-state index contributed by atoms with van der Waals surface area (Å²) in [5.41, 5.74) is 11.8. The van der Waals surface area contributed by atoms with E-state index in [-0.39, 0.29) is 5.69 Å².